The van der Waals surface area contributed by atoms with Gasteiger partial charge in [0.2, 0.25) is 0 Å². The molecule has 0 spiro atoms. The van der Waals surface area contributed by atoms with Gasteiger partial charge in [0.25, 0.3) is 5.91 Å². The van der Waals surface area contributed by atoms with E-state index in [9.17, 15) is 4.79 Å². The second kappa shape index (κ2) is 7.89. The number of nitrogens with zero attached hydrogens (tertiary/aromatic N) is 3. The van der Waals surface area contributed by atoms with Crippen LogP contribution in [-0.4, -0.2) is 36.6 Å². The molecule has 0 aliphatic carbocycles. The monoisotopic (exact) mass is 494 g/mol. The maximum atomic E-state index is 13.0. The number of carbonyl (C=O) groups excluding carboxylic acids is 1. The zero-order chi connectivity index (χ0) is 20.7. The van der Waals surface area contributed by atoms with Gasteiger partial charge in [-0.3, -0.25) is 15.1 Å². The molecule has 2 aliphatic heterocycles. The molecule has 2 aromatic carbocycles. The Balaban J connectivity index is 2.04. The van der Waals surface area contributed by atoms with Crippen molar-refractivity contribution in [3.63, 3.8) is 0 Å². The molecule has 2 heterocycles. The lowest BCUT2D eigenvalue weighted by atomic mass is 10.1. The van der Waals surface area contributed by atoms with Crippen LogP contribution in [0.5, 0.6) is 11.5 Å². The van der Waals surface area contributed by atoms with Crippen LogP contribution in [0, 0.1) is 0 Å². The van der Waals surface area contributed by atoms with Crippen LogP contribution in [-0.2, 0) is 4.79 Å². The van der Waals surface area contributed by atoms with E-state index in [4.69, 9.17) is 26.1 Å². The van der Waals surface area contributed by atoms with Crippen LogP contribution in [0.4, 0.5) is 0 Å². The van der Waals surface area contributed by atoms with Crippen molar-refractivity contribution in [3.8, 4) is 11.5 Å². The largest absolute Gasteiger partial charge is 0.493 e. The minimum absolute atomic E-state index is 0.253. The molecule has 1 amide bonds. The normalized spacial score (nSPS) is 17.6. The second-order valence-corrected chi connectivity index (χ2v) is 8.30. The standard InChI is InChI=1S/C19H16BrClN4O3S/c1-27-14-8-10(21)7-12(16(14)28-2)17-22-13-5-4-9(20)6-11(13)15-18(26)23-19(29-3)24-25(15)17/h4-8,17H,1-3H3,(H,23,24,26)/t17-/m1/s1. The van der Waals surface area contributed by atoms with E-state index < -0.39 is 6.17 Å². The van der Waals surface area contributed by atoms with Crippen molar-refractivity contribution in [2.24, 2.45) is 10.1 Å². The number of amides is 1. The minimum Gasteiger partial charge on any atom is -0.493 e. The van der Waals surface area contributed by atoms with E-state index in [1.165, 1.54) is 11.8 Å². The number of carbonyl (C=O) groups is 1. The van der Waals surface area contributed by atoms with Gasteiger partial charge in [-0.2, -0.15) is 0 Å². The number of rotatable bonds is 3. The lowest BCUT2D eigenvalue weighted by Gasteiger charge is -2.34. The lowest BCUT2D eigenvalue weighted by molar-refractivity contribution is -0.116. The van der Waals surface area contributed by atoms with Crippen molar-refractivity contribution in [1.29, 1.82) is 0 Å². The molecule has 0 unspecified atom stereocenters. The molecule has 1 N–H and O–H groups in total. The van der Waals surface area contributed by atoms with Gasteiger partial charge in [0.1, 0.15) is 5.70 Å². The maximum Gasteiger partial charge on any atom is 0.276 e. The first-order valence-electron chi connectivity index (χ1n) is 8.49. The molecule has 0 saturated carbocycles. The van der Waals surface area contributed by atoms with Crippen LogP contribution in [0.25, 0.3) is 5.70 Å². The minimum atomic E-state index is -0.658. The summed E-state index contributed by atoms with van der Waals surface area (Å²) in [5.41, 5.74) is 1.04. The van der Waals surface area contributed by atoms with Crippen molar-refractivity contribution in [2.45, 2.75) is 6.17 Å². The van der Waals surface area contributed by atoms with Gasteiger partial charge in [0.15, 0.2) is 22.8 Å². The second-order valence-electron chi connectivity index (χ2n) is 6.15. The quantitative estimate of drug-likeness (QED) is 0.709. The third kappa shape index (κ3) is 3.47. The Kier molecular flexibility index (Phi) is 5.46. The van der Waals surface area contributed by atoms with Crippen molar-refractivity contribution in [3.05, 3.63) is 56.0 Å². The van der Waals surface area contributed by atoms with Crippen molar-refractivity contribution >= 4 is 56.1 Å². The van der Waals surface area contributed by atoms with Crippen LogP contribution in [0.1, 0.15) is 11.7 Å². The molecule has 29 heavy (non-hydrogen) atoms. The Hall–Kier alpha value is -2.23. The van der Waals surface area contributed by atoms with Crippen molar-refractivity contribution in [2.75, 3.05) is 20.5 Å². The van der Waals surface area contributed by atoms with Crippen LogP contribution in [0.3, 0.4) is 0 Å². The summed E-state index contributed by atoms with van der Waals surface area (Å²) in [7, 11) is 3.09. The van der Waals surface area contributed by atoms with Gasteiger partial charge in [-0.1, -0.05) is 39.3 Å². The van der Waals surface area contributed by atoms with Gasteiger partial charge in [0.05, 0.1) is 19.6 Å². The first kappa shape index (κ1) is 20.1. The van der Waals surface area contributed by atoms with Crippen LogP contribution in [0.2, 0.25) is 5.02 Å². The first-order chi connectivity index (χ1) is 14.0. The average molecular weight is 496 g/mol. The molecule has 1 atom stereocenters. The summed E-state index contributed by atoms with van der Waals surface area (Å²) in [4.78, 5) is 17.8. The zero-order valence-corrected chi connectivity index (χ0v) is 18.9. The molecule has 0 fully saturated rings. The van der Waals surface area contributed by atoms with Crippen LogP contribution < -0.4 is 25.4 Å². The molecule has 150 valence electrons. The number of hydrogen-bond donors (Lipinski definition) is 1. The molecule has 2 aromatic rings. The zero-order valence-electron chi connectivity index (χ0n) is 15.7. The van der Waals surface area contributed by atoms with Gasteiger partial charge < -0.3 is 9.47 Å². The summed E-state index contributed by atoms with van der Waals surface area (Å²) in [6.07, 6.45) is 1.18. The molecule has 0 aromatic heterocycles. The number of halogens is 2. The van der Waals surface area contributed by atoms with Crippen LogP contribution >= 0.6 is 39.3 Å². The van der Waals surface area contributed by atoms with Gasteiger partial charge in [0, 0.05) is 26.3 Å². The van der Waals surface area contributed by atoms with Gasteiger partial charge in [-0.05, 0) is 30.5 Å². The fourth-order valence-electron chi connectivity index (χ4n) is 3.30. The molecule has 0 radical (unpaired) electrons. The Morgan fingerprint density at radius 3 is 2.72 bits per heavy atom. The van der Waals surface area contributed by atoms with E-state index in [0.29, 0.717) is 43.5 Å². The van der Waals surface area contributed by atoms with E-state index in [1.807, 2.05) is 24.5 Å². The number of thioether (sulfide) groups is 1. The Morgan fingerprint density at radius 1 is 1.24 bits per heavy atom. The molecule has 10 heteroatoms. The first-order valence-corrected chi connectivity index (χ1v) is 10.9. The Bertz CT molecular complexity index is 1170. The fourth-order valence-corrected chi connectivity index (χ4v) is 4.24. The average Bonchev–Trinajstić information content (AvgIpc) is 2.71. The van der Waals surface area contributed by atoms with Gasteiger partial charge in [-0.15, -0.1) is 5.10 Å². The highest BCUT2D eigenvalue weighted by molar-refractivity contribution is 9.10. The van der Waals surface area contributed by atoms with E-state index in [2.05, 4.69) is 26.3 Å². The number of fused-ring (bicyclic) bond motifs is 2. The molecular weight excluding hydrogens is 480 g/mol. The van der Waals surface area contributed by atoms with E-state index >= 15 is 0 Å². The summed E-state index contributed by atoms with van der Waals surface area (Å²) in [5.74, 6) is 0.706. The van der Waals surface area contributed by atoms with E-state index in [0.717, 1.165) is 4.47 Å². The highest BCUT2D eigenvalue weighted by Gasteiger charge is 2.36. The summed E-state index contributed by atoms with van der Waals surface area (Å²) < 4.78 is 11.9. The van der Waals surface area contributed by atoms with Gasteiger partial charge in [-0.25, -0.2) is 5.01 Å². The lowest BCUT2D eigenvalue weighted by Crippen LogP contribution is -2.50. The SMILES string of the molecule is COc1cc(Cl)cc([C@@H]2N=c3ccc(Br)cc3=C3C(=O)NC(SC)=NN32)c1OC. The molecule has 7 nitrogen and oxygen atoms in total. The fraction of sp³-hybridized carbons (Fsp3) is 0.211. The predicted octanol–water partition coefficient (Wildman–Crippen LogP) is 2.63. The van der Waals surface area contributed by atoms with E-state index in [1.54, 1.807) is 31.4 Å². The highest BCUT2D eigenvalue weighted by atomic mass is 79.9. The van der Waals surface area contributed by atoms with Crippen LogP contribution in [0.15, 0.2) is 44.9 Å². The van der Waals surface area contributed by atoms with Crippen molar-refractivity contribution in [1.82, 2.24) is 10.3 Å². The number of amidine groups is 1. The van der Waals surface area contributed by atoms with Gasteiger partial charge >= 0.3 is 0 Å². The third-order valence-corrected chi connectivity index (χ3v) is 5.80. The summed E-state index contributed by atoms with van der Waals surface area (Å²) in [6, 6.07) is 9.00. The number of benzene rings is 2. The topological polar surface area (TPSA) is 75.5 Å². The summed E-state index contributed by atoms with van der Waals surface area (Å²) in [5, 5.41) is 11.3. The highest BCUT2D eigenvalue weighted by Crippen LogP contribution is 2.42. The Labute approximate surface area is 184 Å². The number of hydrogen-bond acceptors (Lipinski definition) is 7. The molecule has 0 bridgehead atoms. The molecule has 0 saturated heterocycles. The summed E-state index contributed by atoms with van der Waals surface area (Å²) in [6.45, 7) is 0. The number of hydrazone groups is 1. The van der Waals surface area contributed by atoms with E-state index in [-0.39, 0.29) is 5.91 Å². The molecular formula is C19H16BrClN4O3S. The number of nitrogens with one attached hydrogen (secondary N) is 1. The summed E-state index contributed by atoms with van der Waals surface area (Å²) >= 11 is 11.1. The molecule has 4 rings (SSSR count). The Morgan fingerprint density at radius 2 is 2.03 bits per heavy atom. The number of methoxy groups -OCH3 is 2. The molecule has 2 aliphatic rings. The predicted molar refractivity (Wildman–Crippen MR) is 117 cm³/mol. The number of ether oxygens (including phenoxy) is 2. The maximum absolute atomic E-state index is 13.0. The van der Waals surface area contributed by atoms with Crippen molar-refractivity contribution < 1.29 is 14.3 Å². The third-order valence-electron chi connectivity index (χ3n) is 4.51. The smallest absolute Gasteiger partial charge is 0.276 e.